The van der Waals surface area contributed by atoms with Crippen LogP contribution in [-0.4, -0.2) is 20.6 Å². The van der Waals surface area contributed by atoms with Crippen molar-refractivity contribution < 1.29 is 3.89 Å². The van der Waals surface area contributed by atoms with Crippen molar-refractivity contribution in [2.75, 3.05) is 4.31 Å². The van der Waals surface area contributed by atoms with E-state index < -0.39 is 0 Å². The summed E-state index contributed by atoms with van der Waals surface area (Å²) in [4.78, 5) is 8.21. The molecule has 0 aliphatic carbocycles. The van der Waals surface area contributed by atoms with Crippen molar-refractivity contribution in [3.8, 4) is 0 Å². The van der Waals surface area contributed by atoms with E-state index in [1.165, 1.54) is 15.8 Å². The van der Waals surface area contributed by atoms with Crippen LogP contribution in [0.5, 0.6) is 0 Å². The third-order valence-corrected chi connectivity index (χ3v) is 4.37. The van der Waals surface area contributed by atoms with Crippen LogP contribution in [0.3, 0.4) is 0 Å². The Balaban J connectivity index is 0.00000127. The first-order chi connectivity index (χ1) is 11.0. The van der Waals surface area contributed by atoms with Crippen LogP contribution in [0.25, 0.3) is 6.20 Å². The number of nitrogens with zero attached hydrogens (tertiary/aromatic N) is 5. The molecular weight excluding hydrogens is 333 g/mol. The van der Waals surface area contributed by atoms with E-state index in [0.717, 1.165) is 27.9 Å². The van der Waals surface area contributed by atoms with Gasteiger partial charge < -0.3 is 4.57 Å². The van der Waals surface area contributed by atoms with E-state index in [9.17, 15) is 3.89 Å². The average molecular weight is 356 g/mol. The van der Waals surface area contributed by atoms with Crippen LogP contribution in [0.15, 0.2) is 23.0 Å². The minimum absolute atomic E-state index is 0.168. The normalized spacial score (nSPS) is 11.0. The molecule has 0 aromatic carbocycles. The molecule has 0 spiro atoms. The van der Waals surface area contributed by atoms with Gasteiger partial charge in [0.15, 0.2) is 12.3 Å². The zero-order valence-electron chi connectivity index (χ0n) is 14.1. The van der Waals surface area contributed by atoms with Gasteiger partial charge >= 0.3 is 0 Å². The number of anilines is 1. The predicted molar refractivity (Wildman–Crippen MR) is 99.5 cm³/mol. The molecule has 0 unspecified atom stereocenters. The lowest BCUT2D eigenvalue weighted by Crippen LogP contribution is -2.14. The first-order valence-electron chi connectivity index (χ1n) is 7.22. The summed E-state index contributed by atoms with van der Waals surface area (Å²) in [6.07, 6.45) is 3.59. The summed E-state index contributed by atoms with van der Waals surface area (Å²) >= 11 is 1.43. The number of rotatable bonds is 6. The lowest BCUT2D eigenvalue weighted by Gasteiger charge is -2.16. The second-order valence-corrected chi connectivity index (χ2v) is 5.89. The van der Waals surface area contributed by atoms with Gasteiger partial charge in [-0.2, -0.15) is 4.37 Å². The summed E-state index contributed by atoms with van der Waals surface area (Å²) in [6, 6.07) is 1.85. The zero-order valence-corrected chi connectivity index (χ0v) is 15.7. The van der Waals surface area contributed by atoms with Crippen molar-refractivity contribution in [3.05, 3.63) is 35.2 Å². The molecule has 0 radical (unpaired) electrons. The monoisotopic (exact) mass is 355 g/mol. The molecule has 5 nitrogen and oxygen atoms in total. The Morgan fingerprint density at radius 3 is 2.74 bits per heavy atom. The quantitative estimate of drug-likeness (QED) is 0.538. The molecule has 0 aliphatic rings. The second-order valence-electron chi connectivity index (χ2n) is 4.53. The third kappa shape index (κ3) is 5.18. The van der Waals surface area contributed by atoms with Crippen LogP contribution in [0.1, 0.15) is 38.0 Å². The molecule has 0 N–H and O–H groups in total. The molecule has 0 aliphatic heterocycles. The highest BCUT2D eigenvalue weighted by Gasteiger charge is 2.15. The zero-order chi connectivity index (χ0) is 17.4. The average Bonchev–Trinajstić information content (AvgIpc) is 3.14. The molecule has 2 aromatic heterocycles. The van der Waals surface area contributed by atoms with Crippen molar-refractivity contribution in [3.63, 3.8) is 0 Å². The third-order valence-electron chi connectivity index (χ3n) is 2.85. The van der Waals surface area contributed by atoms with Crippen LogP contribution < -0.4 is 4.31 Å². The molecule has 126 valence electrons. The number of aliphatic imine (C=N–C) groups is 1. The minimum atomic E-state index is 0.168. The minimum Gasteiger partial charge on any atom is -0.304 e. The molecule has 23 heavy (non-hydrogen) atoms. The Morgan fingerprint density at radius 1 is 1.52 bits per heavy atom. The number of allylic oxidation sites excluding steroid dienone is 1. The largest absolute Gasteiger partial charge is 0.304 e. The number of hydrogen-bond donors (Lipinski definition) is 0. The van der Waals surface area contributed by atoms with Crippen molar-refractivity contribution in [2.24, 2.45) is 4.99 Å². The molecule has 0 bridgehead atoms. The maximum absolute atomic E-state index is 13.2. The summed E-state index contributed by atoms with van der Waals surface area (Å²) in [5, 5.41) is 0.759. The summed E-state index contributed by atoms with van der Waals surface area (Å²) in [5.74, 6) is 0.728. The Morgan fingerprint density at radius 2 is 2.22 bits per heavy atom. The smallest absolute Gasteiger partial charge is 0.166 e. The van der Waals surface area contributed by atoms with Gasteiger partial charge in [0, 0.05) is 18.1 Å². The van der Waals surface area contributed by atoms with Gasteiger partial charge in [-0.3, -0.25) is 9.30 Å². The van der Waals surface area contributed by atoms with Gasteiger partial charge in [-0.15, -0.1) is 3.89 Å². The number of hydrogen-bond acceptors (Lipinski definition) is 6. The molecule has 0 fully saturated rings. The molecule has 8 heteroatoms. The number of imidazole rings is 1. The fourth-order valence-electron chi connectivity index (χ4n) is 1.75. The highest BCUT2D eigenvalue weighted by molar-refractivity contribution is 7.95. The SMILES string of the molecule is C=N/C(C)=C\n1c(C)cnc1CN(SF)c1cc(C)ns1.CC. The van der Waals surface area contributed by atoms with E-state index >= 15 is 0 Å². The van der Waals surface area contributed by atoms with Crippen LogP contribution in [0.4, 0.5) is 8.89 Å². The molecule has 2 rings (SSSR count). The fourth-order valence-corrected chi connectivity index (χ4v) is 2.89. The van der Waals surface area contributed by atoms with Crippen molar-refractivity contribution in [2.45, 2.75) is 41.2 Å². The molecule has 0 saturated heterocycles. The van der Waals surface area contributed by atoms with Crippen molar-refractivity contribution >= 4 is 41.8 Å². The number of halogens is 1. The van der Waals surface area contributed by atoms with E-state index in [2.05, 4.69) is 21.1 Å². The van der Waals surface area contributed by atoms with Crippen molar-refractivity contribution in [1.82, 2.24) is 13.9 Å². The predicted octanol–water partition coefficient (Wildman–Crippen LogP) is 5.04. The van der Waals surface area contributed by atoms with E-state index in [1.807, 2.05) is 51.5 Å². The summed E-state index contributed by atoms with van der Waals surface area (Å²) < 4.78 is 20.8. The van der Waals surface area contributed by atoms with E-state index in [-0.39, 0.29) is 12.3 Å². The highest BCUT2D eigenvalue weighted by atomic mass is 32.2. The maximum Gasteiger partial charge on any atom is 0.166 e. The molecule has 2 heterocycles. The van der Waals surface area contributed by atoms with Crippen LogP contribution in [0.2, 0.25) is 0 Å². The van der Waals surface area contributed by atoms with E-state index in [1.54, 1.807) is 6.20 Å². The van der Waals surface area contributed by atoms with Crippen LogP contribution >= 0.6 is 23.9 Å². The molecule has 0 amide bonds. The van der Waals surface area contributed by atoms with Gasteiger partial charge in [-0.05, 0) is 45.1 Å². The Labute approximate surface area is 145 Å². The van der Waals surface area contributed by atoms with Gasteiger partial charge in [0.1, 0.15) is 10.8 Å². The standard InChI is InChI=1S/C13H16FN5S2.C2H6/c1-9-5-13(20-17-9)19(21-14)8-12-16-6-11(3)18(12)7-10(2)15-4;1-2/h5-7H,4,8H2,1-3H3;1-2H3/b10-7-;. The first kappa shape index (κ1) is 19.4. The topological polar surface area (TPSA) is 46.3 Å². The first-order valence-corrected chi connectivity index (χ1v) is 8.67. The van der Waals surface area contributed by atoms with Crippen LogP contribution in [-0.2, 0) is 6.54 Å². The van der Waals surface area contributed by atoms with E-state index in [0.29, 0.717) is 6.54 Å². The maximum atomic E-state index is 13.2. The van der Waals surface area contributed by atoms with Gasteiger partial charge in [0.05, 0.1) is 17.9 Å². The molecule has 0 atom stereocenters. The second kappa shape index (κ2) is 9.46. The highest BCUT2D eigenvalue weighted by Crippen LogP contribution is 2.30. The summed E-state index contributed by atoms with van der Waals surface area (Å²) in [6.45, 7) is 13.5. The molecule has 2 aromatic rings. The van der Waals surface area contributed by atoms with E-state index in [4.69, 9.17) is 0 Å². The Kier molecular flexibility index (Phi) is 7.97. The molecular formula is C15H22FN5S2. The Hall–Kier alpha value is -1.67. The lowest BCUT2D eigenvalue weighted by molar-refractivity contribution is 0.854. The van der Waals surface area contributed by atoms with Gasteiger partial charge in [0.2, 0.25) is 0 Å². The van der Waals surface area contributed by atoms with Gasteiger partial charge in [0.25, 0.3) is 0 Å². The van der Waals surface area contributed by atoms with Gasteiger partial charge in [-0.25, -0.2) is 4.98 Å². The lowest BCUT2D eigenvalue weighted by atomic mass is 10.4. The van der Waals surface area contributed by atoms with Gasteiger partial charge in [-0.1, -0.05) is 13.8 Å². The number of aryl methyl sites for hydroxylation is 2. The Bertz CT molecular complexity index is 663. The number of aromatic nitrogens is 3. The summed E-state index contributed by atoms with van der Waals surface area (Å²) in [5.41, 5.74) is 2.60. The molecule has 0 saturated carbocycles. The summed E-state index contributed by atoms with van der Waals surface area (Å²) in [7, 11) is 0. The van der Waals surface area contributed by atoms with Crippen molar-refractivity contribution in [1.29, 1.82) is 0 Å². The fraction of sp³-hybridized carbons (Fsp3) is 0.400. The van der Waals surface area contributed by atoms with Crippen LogP contribution in [0, 0.1) is 13.8 Å².